The Balaban J connectivity index is 1.64. The van der Waals surface area contributed by atoms with Crippen LogP contribution >= 0.6 is 0 Å². The Labute approximate surface area is 166 Å². The molecule has 0 aromatic carbocycles. The fourth-order valence-electron chi connectivity index (χ4n) is 4.76. The lowest BCUT2D eigenvalue weighted by Crippen LogP contribution is -2.41. The predicted molar refractivity (Wildman–Crippen MR) is 107 cm³/mol. The second-order valence-electron chi connectivity index (χ2n) is 8.16. The maximum atomic E-state index is 12.9. The van der Waals surface area contributed by atoms with Crippen LogP contribution in [0.3, 0.4) is 0 Å². The highest BCUT2D eigenvalue weighted by Gasteiger charge is 2.34. The normalized spacial score (nSPS) is 21.6. The molecular formula is C20H30N6O2. The van der Waals surface area contributed by atoms with Crippen molar-refractivity contribution in [1.82, 2.24) is 19.8 Å². The largest absolute Gasteiger partial charge is 0.354 e. The van der Waals surface area contributed by atoms with Gasteiger partial charge in [-0.15, -0.1) is 0 Å². The summed E-state index contributed by atoms with van der Waals surface area (Å²) in [5, 5.41) is 0. The Hall–Kier alpha value is -2.38. The molecule has 1 aromatic rings. The number of nitrogens with zero attached hydrogens (tertiary/aromatic N) is 6. The molecule has 152 valence electrons. The number of aromatic nitrogens is 2. The van der Waals surface area contributed by atoms with Crippen LogP contribution in [0.2, 0.25) is 0 Å². The van der Waals surface area contributed by atoms with Gasteiger partial charge in [-0.25, -0.2) is 9.97 Å². The Morgan fingerprint density at radius 1 is 1.00 bits per heavy atom. The van der Waals surface area contributed by atoms with E-state index in [4.69, 9.17) is 0 Å². The summed E-state index contributed by atoms with van der Waals surface area (Å²) < 4.78 is 0. The van der Waals surface area contributed by atoms with Gasteiger partial charge in [0, 0.05) is 46.2 Å². The van der Waals surface area contributed by atoms with Crippen molar-refractivity contribution in [2.45, 2.75) is 51.6 Å². The summed E-state index contributed by atoms with van der Waals surface area (Å²) in [5.74, 6) is 2.07. The number of hydrogen-bond donors (Lipinski definition) is 0. The molecule has 1 aromatic heterocycles. The summed E-state index contributed by atoms with van der Waals surface area (Å²) >= 11 is 0. The van der Waals surface area contributed by atoms with Crippen LogP contribution in [-0.4, -0.2) is 77.4 Å². The third-order valence-electron chi connectivity index (χ3n) is 6.29. The SMILES string of the molecule is CC(=O)N1CCCN(c2ncnc3c2CN(C2CCCC2)C(=O)CN3C)CC1. The highest BCUT2D eigenvalue weighted by molar-refractivity contribution is 5.84. The van der Waals surface area contributed by atoms with Gasteiger partial charge in [0.25, 0.3) is 0 Å². The van der Waals surface area contributed by atoms with Crippen LogP contribution in [0.25, 0.3) is 0 Å². The van der Waals surface area contributed by atoms with Crippen LogP contribution in [-0.2, 0) is 16.1 Å². The highest BCUT2D eigenvalue weighted by Crippen LogP contribution is 2.33. The zero-order chi connectivity index (χ0) is 19.7. The predicted octanol–water partition coefficient (Wildman–Crippen LogP) is 1.26. The molecular weight excluding hydrogens is 356 g/mol. The van der Waals surface area contributed by atoms with Crippen molar-refractivity contribution in [3.8, 4) is 0 Å². The highest BCUT2D eigenvalue weighted by atomic mass is 16.2. The van der Waals surface area contributed by atoms with E-state index < -0.39 is 0 Å². The molecule has 0 radical (unpaired) electrons. The van der Waals surface area contributed by atoms with Crippen LogP contribution in [0.1, 0.15) is 44.6 Å². The average Bonchev–Trinajstić information content (AvgIpc) is 3.03. The maximum absolute atomic E-state index is 12.9. The molecule has 0 N–H and O–H groups in total. The smallest absolute Gasteiger partial charge is 0.242 e. The van der Waals surface area contributed by atoms with E-state index in [1.165, 1.54) is 12.8 Å². The van der Waals surface area contributed by atoms with E-state index in [0.29, 0.717) is 25.7 Å². The van der Waals surface area contributed by atoms with Crippen LogP contribution in [0.5, 0.6) is 0 Å². The summed E-state index contributed by atoms with van der Waals surface area (Å²) in [4.78, 5) is 42.0. The van der Waals surface area contributed by atoms with E-state index in [9.17, 15) is 9.59 Å². The Kier molecular flexibility index (Phi) is 5.37. The minimum Gasteiger partial charge on any atom is -0.354 e. The second kappa shape index (κ2) is 7.93. The first-order chi connectivity index (χ1) is 13.5. The van der Waals surface area contributed by atoms with Crippen molar-refractivity contribution < 1.29 is 9.59 Å². The Morgan fingerprint density at radius 3 is 2.50 bits per heavy atom. The standard InChI is InChI=1S/C20H30N6O2/c1-15(27)24-8-5-9-25(11-10-24)20-17-12-26(16-6-3-4-7-16)18(28)13-23(2)19(17)21-14-22-20/h14,16H,3-13H2,1-2H3. The first-order valence-corrected chi connectivity index (χ1v) is 10.4. The molecule has 2 aliphatic heterocycles. The quantitative estimate of drug-likeness (QED) is 0.762. The van der Waals surface area contributed by atoms with E-state index in [2.05, 4.69) is 19.8 Å². The molecule has 1 saturated carbocycles. The average molecular weight is 387 g/mol. The summed E-state index contributed by atoms with van der Waals surface area (Å²) in [6, 6.07) is 0.331. The van der Waals surface area contributed by atoms with Gasteiger partial charge in [0.05, 0.1) is 18.7 Å². The number of rotatable bonds is 2. The minimum absolute atomic E-state index is 0.126. The molecule has 0 atom stereocenters. The number of carbonyl (C=O) groups excluding carboxylic acids is 2. The number of anilines is 2. The van der Waals surface area contributed by atoms with Gasteiger partial charge in [-0.1, -0.05) is 12.8 Å². The minimum atomic E-state index is 0.126. The second-order valence-corrected chi connectivity index (χ2v) is 8.16. The summed E-state index contributed by atoms with van der Waals surface area (Å²) in [5.41, 5.74) is 1.04. The van der Waals surface area contributed by atoms with Crippen molar-refractivity contribution >= 4 is 23.5 Å². The third kappa shape index (κ3) is 3.64. The van der Waals surface area contributed by atoms with Gasteiger partial charge in [-0.2, -0.15) is 0 Å². The topological polar surface area (TPSA) is 72.9 Å². The molecule has 8 nitrogen and oxygen atoms in total. The zero-order valence-corrected chi connectivity index (χ0v) is 16.9. The van der Waals surface area contributed by atoms with Crippen LogP contribution in [0.4, 0.5) is 11.6 Å². The molecule has 3 heterocycles. The molecule has 28 heavy (non-hydrogen) atoms. The van der Waals surface area contributed by atoms with Gasteiger partial charge < -0.3 is 19.6 Å². The molecule has 1 saturated heterocycles. The fourth-order valence-corrected chi connectivity index (χ4v) is 4.76. The van der Waals surface area contributed by atoms with Crippen molar-refractivity contribution in [3.05, 3.63) is 11.9 Å². The molecule has 2 fully saturated rings. The van der Waals surface area contributed by atoms with Crippen LogP contribution in [0.15, 0.2) is 6.33 Å². The van der Waals surface area contributed by atoms with E-state index in [1.54, 1.807) is 13.3 Å². The lowest BCUT2D eigenvalue weighted by molar-refractivity contribution is -0.132. The fraction of sp³-hybridized carbons (Fsp3) is 0.700. The molecule has 8 heteroatoms. The van der Waals surface area contributed by atoms with Crippen molar-refractivity contribution in [2.24, 2.45) is 0 Å². The zero-order valence-electron chi connectivity index (χ0n) is 16.9. The van der Waals surface area contributed by atoms with Crippen molar-refractivity contribution in [3.63, 3.8) is 0 Å². The van der Waals surface area contributed by atoms with Crippen LogP contribution < -0.4 is 9.80 Å². The lowest BCUT2D eigenvalue weighted by atomic mass is 10.1. The van der Waals surface area contributed by atoms with Gasteiger partial charge in [0.15, 0.2) is 0 Å². The number of fused-ring (bicyclic) bond motifs is 1. The first kappa shape index (κ1) is 19.0. The number of hydrogen-bond acceptors (Lipinski definition) is 6. The monoisotopic (exact) mass is 386 g/mol. The molecule has 2 amide bonds. The van der Waals surface area contributed by atoms with Gasteiger partial charge in [0.2, 0.25) is 11.8 Å². The Morgan fingerprint density at radius 2 is 1.75 bits per heavy atom. The number of likely N-dealkylation sites (N-methyl/N-ethyl adjacent to an activating group) is 1. The summed E-state index contributed by atoms with van der Waals surface area (Å²) in [6.45, 7) is 5.66. The van der Waals surface area contributed by atoms with E-state index in [0.717, 1.165) is 56.1 Å². The van der Waals surface area contributed by atoms with E-state index in [-0.39, 0.29) is 11.8 Å². The molecule has 0 unspecified atom stereocenters. The van der Waals surface area contributed by atoms with E-state index in [1.807, 2.05) is 16.8 Å². The van der Waals surface area contributed by atoms with Crippen molar-refractivity contribution in [2.75, 3.05) is 49.6 Å². The van der Waals surface area contributed by atoms with Gasteiger partial charge in [0.1, 0.15) is 18.0 Å². The third-order valence-corrected chi connectivity index (χ3v) is 6.29. The van der Waals surface area contributed by atoms with Gasteiger partial charge in [-0.3, -0.25) is 9.59 Å². The summed E-state index contributed by atoms with van der Waals surface area (Å²) in [7, 11) is 1.94. The van der Waals surface area contributed by atoms with Gasteiger partial charge >= 0.3 is 0 Å². The van der Waals surface area contributed by atoms with E-state index >= 15 is 0 Å². The molecule has 1 aliphatic carbocycles. The summed E-state index contributed by atoms with van der Waals surface area (Å²) in [6.07, 6.45) is 7.09. The first-order valence-electron chi connectivity index (χ1n) is 10.4. The van der Waals surface area contributed by atoms with Crippen LogP contribution in [0, 0.1) is 0 Å². The maximum Gasteiger partial charge on any atom is 0.242 e. The molecule has 4 rings (SSSR count). The molecule has 0 bridgehead atoms. The lowest BCUT2D eigenvalue weighted by Gasteiger charge is -2.29. The Bertz CT molecular complexity index is 748. The molecule has 0 spiro atoms. The number of carbonyl (C=O) groups is 2. The molecule has 3 aliphatic rings. The van der Waals surface area contributed by atoms with Gasteiger partial charge in [-0.05, 0) is 19.3 Å². The van der Waals surface area contributed by atoms with Crippen molar-refractivity contribution in [1.29, 1.82) is 0 Å². The number of amides is 2.